The van der Waals surface area contributed by atoms with Gasteiger partial charge in [0.15, 0.2) is 28.8 Å². The predicted molar refractivity (Wildman–Crippen MR) is 130 cm³/mol. The van der Waals surface area contributed by atoms with Crippen LogP contribution < -0.4 is 33.2 Å². The number of ether oxygens (including phenoxy) is 7. The molecule has 0 spiro atoms. The molecule has 0 saturated carbocycles. The van der Waals surface area contributed by atoms with E-state index in [1.54, 1.807) is 36.4 Å². The normalized spacial score (nSPS) is 18.1. The van der Waals surface area contributed by atoms with Gasteiger partial charge in [-0.25, -0.2) is 0 Å². The molecule has 0 radical (unpaired) electrons. The number of benzene rings is 3. The van der Waals surface area contributed by atoms with Gasteiger partial charge in [-0.1, -0.05) is 6.07 Å². The van der Waals surface area contributed by atoms with Gasteiger partial charge in [0.1, 0.15) is 11.5 Å². The van der Waals surface area contributed by atoms with E-state index in [9.17, 15) is 9.59 Å². The average Bonchev–Trinajstić information content (AvgIpc) is 3.51. The number of Topliss-reactive ketones (excluding diaryl/α,β-unsaturated/α-hetero) is 1. The molecule has 37 heavy (non-hydrogen) atoms. The smallest absolute Gasteiger partial charge is 0.312 e. The average molecular weight is 502 g/mol. The lowest BCUT2D eigenvalue weighted by atomic mass is 9.84. The monoisotopic (exact) mass is 502 g/mol. The molecule has 3 aromatic rings. The second-order valence-corrected chi connectivity index (χ2v) is 8.56. The van der Waals surface area contributed by atoms with E-state index >= 15 is 0 Å². The zero-order valence-corrected chi connectivity index (χ0v) is 20.3. The molecule has 1 unspecified atom stereocenters. The van der Waals surface area contributed by atoms with Gasteiger partial charge in [-0.15, -0.1) is 0 Å². The fourth-order valence-electron chi connectivity index (χ4n) is 4.90. The van der Waals surface area contributed by atoms with Crippen LogP contribution in [0.25, 0.3) is 6.08 Å². The Labute approximate surface area is 212 Å². The van der Waals surface area contributed by atoms with Crippen LogP contribution in [0.2, 0.25) is 0 Å². The summed E-state index contributed by atoms with van der Waals surface area (Å²) in [6.45, 7) is 0.142. The summed E-state index contributed by atoms with van der Waals surface area (Å²) in [5.74, 6) is 2.29. The van der Waals surface area contributed by atoms with E-state index in [0.29, 0.717) is 56.9 Å². The fourth-order valence-corrected chi connectivity index (χ4v) is 4.90. The SMILES string of the molecule is COc1ccc(C=C2Oc3c(ccc4c3C(c3ccc5c(c3)OCO5)CC(=O)O4)C2=O)c(OC)c1OC. The molecule has 3 heterocycles. The standard InChI is InChI=1S/C28H22O9/c1-31-20-8-5-15(26(32-2)28(20)33-3)11-22-25(30)16-6-9-19-24(27(16)37-22)17(12-23(29)36-19)14-4-7-18-21(10-14)35-13-34-18/h4-11,17H,12-13H2,1-3H3. The molecule has 188 valence electrons. The van der Waals surface area contributed by atoms with Crippen molar-refractivity contribution in [3.63, 3.8) is 0 Å². The Bertz CT molecular complexity index is 1490. The van der Waals surface area contributed by atoms with Gasteiger partial charge in [0.25, 0.3) is 0 Å². The summed E-state index contributed by atoms with van der Waals surface area (Å²) in [7, 11) is 4.54. The lowest BCUT2D eigenvalue weighted by Crippen LogP contribution is -2.21. The third-order valence-corrected chi connectivity index (χ3v) is 6.60. The highest BCUT2D eigenvalue weighted by molar-refractivity contribution is 6.15. The molecule has 3 aliphatic heterocycles. The quantitative estimate of drug-likeness (QED) is 0.284. The Kier molecular flexibility index (Phi) is 5.40. The number of methoxy groups -OCH3 is 3. The number of hydrogen-bond donors (Lipinski definition) is 0. The van der Waals surface area contributed by atoms with E-state index in [4.69, 9.17) is 33.2 Å². The maximum atomic E-state index is 13.4. The molecule has 9 nitrogen and oxygen atoms in total. The number of hydrogen-bond acceptors (Lipinski definition) is 9. The molecular formula is C28H22O9. The number of carbonyl (C=O) groups is 2. The lowest BCUT2D eigenvalue weighted by molar-refractivity contribution is -0.135. The molecule has 6 rings (SSSR count). The number of carbonyl (C=O) groups excluding carboxylic acids is 2. The van der Waals surface area contributed by atoms with Gasteiger partial charge in [-0.3, -0.25) is 9.59 Å². The number of fused-ring (bicyclic) bond motifs is 4. The Morgan fingerprint density at radius 2 is 1.62 bits per heavy atom. The summed E-state index contributed by atoms with van der Waals surface area (Å²) in [5, 5.41) is 0. The Hall–Kier alpha value is -4.66. The maximum Gasteiger partial charge on any atom is 0.312 e. The van der Waals surface area contributed by atoms with E-state index < -0.39 is 5.92 Å². The summed E-state index contributed by atoms with van der Waals surface area (Å²) >= 11 is 0. The van der Waals surface area contributed by atoms with Gasteiger partial charge in [0.2, 0.25) is 18.3 Å². The Balaban J connectivity index is 1.44. The zero-order chi connectivity index (χ0) is 25.7. The Morgan fingerprint density at radius 3 is 2.41 bits per heavy atom. The van der Waals surface area contributed by atoms with Crippen molar-refractivity contribution in [2.24, 2.45) is 0 Å². The Morgan fingerprint density at radius 1 is 0.838 bits per heavy atom. The van der Waals surface area contributed by atoms with Crippen LogP contribution in [0.3, 0.4) is 0 Å². The van der Waals surface area contributed by atoms with Crippen molar-refractivity contribution in [3.8, 4) is 40.2 Å². The second kappa shape index (κ2) is 8.77. The topological polar surface area (TPSA) is 98.8 Å². The summed E-state index contributed by atoms with van der Waals surface area (Å²) in [6.07, 6.45) is 1.68. The molecule has 3 aliphatic rings. The van der Waals surface area contributed by atoms with Gasteiger partial charge in [-0.05, 0) is 48.0 Å². The highest BCUT2D eigenvalue weighted by Gasteiger charge is 2.39. The van der Waals surface area contributed by atoms with Crippen LogP contribution in [-0.2, 0) is 4.79 Å². The highest BCUT2D eigenvalue weighted by atomic mass is 16.7. The minimum absolute atomic E-state index is 0.0865. The van der Waals surface area contributed by atoms with Crippen molar-refractivity contribution >= 4 is 17.8 Å². The molecule has 0 amide bonds. The van der Waals surface area contributed by atoms with Gasteiger partial charge in [-0.2, -0.15) is 0 Å². The minimum atomic E-state index is -0.400. The molecule has 0 aliphatic carbocycles. The third-order valence-electron chi connectivity index (χ3n) is 6.60. The van der Waals surface area contributed by atoms with Crippen molar-refractivity contribution in [3.05, 3.63) is 70.5 Å². The molecule has 0 saturated heterocycles. The molecule has 0 N–H and O–H groups in total. The predicted octanol–water partition coefficient (Wildman–Crippen LogP) is 4.50. The molecule has 0 aromatic heterocycles. The maximum absolute atomic E-state index is 13.4. The molecule has 9 heteroatoms. The highest BCUT2D eigenvalue weighted by Crippen LogP contribution is 2.50. The number of ketones is 1. The second-order valence-electron chi connectivity index (χ2n) is 8.56. The first-order valence-electron chi connectivity index (χ1n) is 11.5. The third kappa shape index (κ3) is 3.62. The zero-order valence-electron chi connectivity index (χ0n) is 20.3. The lowest BCUT2D eigenvalue weighted by Gasteiger charge is -2.26. The van der Waals surface area contributed by atoms with Crippen LogP contribution in [0, 0.1) is 0 Å². The van der Waals surface area contributed by atoms with E-state index in [1.165, 1.54) is 21.3 Å². The first-order chi connectivity index (χ1) is 18.0. The largest absolute Gasteiger partial charge is 0.493 e. The van der Waals surface area contributed by atoms with Gasteiger partial charge in [0.05, 0.1) is 33.3 Å². The van der Waals surface area contributed by atoms with Crippen molar-refractivity contribution in [2.45, 2.75) is 12.3 Å². The molecule has 3 aromatic carbocycles. The van der Waals surface area contributed by atoms with Crippen molar-refractivity contribution in [1.29, 1.82) is 0 Å². The molecule has 0 fully saturated rings. The first kappa shape index (κ1) is 22.8. The number of allylic oxidation sites excluding steroid dienone is 1. The molecule has 0 bridgehead atoms. The van der Waals surface area contributed by atoms with Crippen LogP contribution >= 0.6 is 0 Å². The van der Waals surface area contributed by atoms with Crippen LogP contribution in [-0.4, -0.2) is 39.9 Å². The number of rotatable bonds is 5. The summed E-state index contributed by atoms with van der Waals surface area (Å²) < 4.78 is 39.0. The van der Waals surface area contributed by atoms with Crippen molar-refractivity contribution in [2.75, 3.05) is 28.1 Å². The van der Waals surface area contributed by atoms with Gasteiger partial charge in [0, 0.05) is 17.0 Å². The van der Waals surface area contributed by atoms with Gasteiger partial charge >= 0.3 is 5.97 Å². The molecule has 1 atom stereocenters. The van der Waals surface area contributed by atoms with E-state index in [1.807, 2.05) is 12.1 Å². The fraction of sp³-hybridized carbons (Fsp3) is 0.214. The van der Waals surface area contributed by atoms with Crippen molar-refractivity contribution < 1.29 is 42.7 Å². The molecular weight excluding hydrogens is 480 g/mol. The summed E-state index contributed by atoms with van der Waals surface area (Å²) in [6, 6.07) is 12.2. The van der Waals surface area contributed by atoms with Crippen LogP contribution in [0.5, 0.6) is 40.2 Å². The number of esters is 1. The van der Waals surface area contributed by atoms with Crippen molar-refractivity contribution in [1.82, 2.24) is 0 Å². The first-order valence-corrected chi connectivity index (χ1v) is 11.5. The summed E-state index contributed by atoms with van der Waals surface area (Å²) in [5.41, 5.74) is 2.41. The van der Waals surface area contributed by atoms with E-state index in [-0.39, 0.29) is 30.7 Å². The van der Waals surface area contributed by atoms with E-state index in [0.717, 1.165) is 5.56 Å². The van der Waals surface area contributed by atoms with E-state index in [2.05, 4.69) is 0 Å². The minimum Gasteiger partial charge on any atom is -0.493 e. The van der Waals surface area contributed by atoms with Crippen LogP contribution in [0.4, 0.5) is 0 Å². The van der Waals surface area contributed by atoms with Crippen LogP contribution in [0.15, 0.2) is 48.2 Å². The van der Waals surface area contributed by atoms with Crippen LogP contribution in [0.1, 0.15) is 39.4 Å². The summed E-state index contributed by atoms with van der Waals surface area (Å²) in [4.78, 5) is 25.9. The van der Waals surface area contributed by atoms with Gasteiger partial charge < -0.3 is 33.2 Å².